The van der Waals surface area contributed by atoms with Crippen molar-refractivity contribution in [3.8, 4) is 11.5 Å². The van der Waals surface area contributed by atoms with E-state index in [-0.39, 0.29) is 11.3 Å². The number of aromatic hydroxyl groups is 2. The Morgan fingerprint density at radius 1 is 1.09 bits per heavy atom. The molecule has 0 heterocycles. The summed E-state index contributed by atoms with van der Waals surface area (Å²) >= 11 is 0. The predicted molar refractivity (Wildman–Crippen MR) is 85.3 cm³/mol. The summed E-state index contributed by atoms with van der Waals surface area (Å²) < 4.78 is 11.6. The average molecular weight is 336 g/mol. The van der Waals surface area contributed by atoms with Crippen molar-refractivity contribution >= 4 is 18.7 Å². The minimum atomic E-state index is -4.71. The maximum atomic E-state index is 12.8. The van der Waals surface area contributed by atoms with E-state index in [2.05, 4.69) is 0 Å². The Kier molecular flexibility index (Phi) is 4.90. The highest BCUT2D eigenvalue weighted by Crippen LogP contribution is 2.39. The standard InChI is InChI=1S/C16H17O6P/c1-2-12(10-6-8-11(17)9-7-10)16(19)15-13(18)4-3-5-14(15)23(20,21)22/h3-9,12,17-18H,2H2,1H3,(H2,20,21,22). The molecule has 0 aromatic heterocycles. The third kappa shape index (κ3) is 3.62. The highest BCUT2D eigenvalue weighted by atomic mass is 31.2. The van der Waals surface area contributed by atoms with Gasteiger partial charge in [-0.15, -0.1) is 0 Å². The van der Waals surface area contributed by atoms with Crippen LogP contribution >= 0.6 is 7.60 Å². The van der Waals surface area contributed by atoms with Gasteiger partial charge in [-0.25, -0.2) is 0 Å². The predicted octanol–water partition coefficient (Wildman–Crippen LogP) is 2.28. The van der Waals surface area contributed by atoms with Crippen LogP contribution in [-0.4, -0.2) is 25.8 Å². The number of rotatable bonds is 5. The van der Waals surface area contributed by atoms with Crippen molar-refractivity contribution in [1.82, 2.24) is 0 Å². The van der Waals surface area contributed by atoms with E-state index >= 15 is 0 Å². The number of phenolic OH excluding ortho intramolecular Hbond substituents is 2. The van der Waals surface area contributed by atoms with Crippen LogP contribution in [0.2, 0.25) is 0 Å². The zero-order valence-corrected chi connectivity index (χ0v) is 13.3. The highest BCUT2D eigenvalue weighted by molar-refractivity contribution is 7.60. The van der Waals surface area contributed by atoms with E-state index in [9.17, 15) is 29.4 Å². The quantitative estimate of drug-likeness (QED) is 0.492. The maximum absolute atomic E-state index is 12.8. The number of benzene rings is 2. The molecule has 122 valence electrons. The van der Waals surface area contributed by atoms with Crippen molar-refractivity contribution in [2.75, 3.05) is 0 Å². The van der Waals surface area contributed by atoms with Crippen molar-refractivity contribution in [3.05, 3.63) is 53.6 Å². The molecule has 1 atom stereocenters. The number of carbonyl (C=O) groups is 1. The number of phenols is 2. The summed E-state index contributed by atoms with van der Waals surface area (Å²) in [5.41, 5.74) is 0.232. The third-order valence-electron chi connectivity index (χ3n) is 3.60. The lowest BCUT2D eigenvalue weighted by Gasteiger charge is -2.18. The molecule has 23 heavy (non-hydrogen) atoms. The lowest BCUT2D eigenvalue weighted by Crippen LogP contribution is -2.21. The van der Waals surface area contributed by atoms with Crippen molar-refractivity contribution in [1.29, 1.82) is 0 Å². The van der Waals surface area contributed by atoms with Gasteiger partial charge in [0, 0.05) is 5.92 Å². The molecular weight excluding hydrogens is 319 g/mol. The molecule has 4 N–H and O–H groups in total. The molecule has 6 nitrogen and oxygen atoms in total. The molecule has 2 aromatic rings. The number of carbonyl (C=O) groups excluding carboxylic acids is 1. The largest absolute Gasteiger partial charge is 0.508 e. The first-order chi connectivity index (χ1) is 10.8. The van der Waals surface area contributed by atoms with E-state index in [1.165, 1.54) is 24.3 Å². The molecule has 1 unspecified atom stereocenters. The topological polar surface area (TPSA) is 115 Å². The molecule has 0 fully saturated rings. The van der Waals surface area contributed by atoms with Gasteiger partial charge in [-0.2, -0.15) is 0 Å². The van der Waals surface area contributed by atoms with Crippen LogP contribution in [0.25, 0.3) is 0 Å². The molecule has 0 aliphatic carbocycles. The number of hydrogen-bond donors (Lipinski definition) is 4. The van der Waals surface area contributed by atoms with Gasteiger partial charge >= 0.3 is 7.60 Å². The molecule has 0 amide bonds. The summed E-state index contributed by atoms with van der Waals surface area (Å²) in [6, 6.07) is 9.63. The molecule has 0 spiro atoms. The molecule has 2 aromatic carbocycles. The SMILES string of the molecule is CCC(C(=O)c1c(O)cccc1P(=O)(O)O)c1ccc(O)cc1. The van der Waals surface area contributed by atoms with E-state index in [4.69, 9.17) is 0 Å². The fourth-order valence-electron chi connectivity index (χ4n) is 2.48. The molecule has 0 radical (unpaired) electrons. The second kappa shape index (κ2) is 6.54. The second-order valence-electron chi connectivity index (χ2n) is 5.13. The fourth-order valence-corrected chi connectivity index (χ4v) is 3.27. The minimum Gasteiger partial charge on any atom is -0.508 e. The highest BCUT2D eigenvalue weighted by Gasteiger charge is 2.31. The summed E-state index contributed by atoms with van der Waals surface area (Å²) in [4.78, 5) is 31.6. The summed E-state index contributed by atoms with van der Waals surface area (Å²) in [5, 5.41) is 18.8. The van der Waals surface area contributed by atoms with Crippen LogP contribution in [-0.2, 0) is 4.57 Å². The molecule has 0 bridgehead atoms. The Morgan fingerprint density at radius 2 is 1.70 bits per heavy atom. The first kappa shape index (κ1) is 17.2. The summed E-state index contributed by atoms with van der Waals surface area (Å²) in [5.74, 6) is -1.67. The minimum absolute atomic E-state index is 0.0505. The molecular formula is C16H17O6P. The Hall–Kier alpha value is -2.14. The third-order valence-corrected chi connectivity index (χ3v) is 4.60. The fraction of sp³-hybridized carbons (Fsp3) is 0.188. The summed E-state index contributed by atoms with van der Waals surface area (Å²) in [7, 11) is -4.71. The first-order valence-electron chi connectivity index (χ1n) is 6.97. The molecule has 0 saturated carbocycles. The van der Waals surface area contributed by atoms with E-state index < -0.39 is 30.4 Å². The maximum Gasteiger partial charge on any atom is 0.357 e. The van der Waals surface area contributed by atoms with Gasteiger partial charge in [0.1, 0.15) is 11.5 Å². The Labute approximate surface area is 133 Å². The van der Waals surface area contributed by atoms with Gasteiger partial charge in [0.25, 0.3) is 0 Å². The van der Waals surface area contributed by atoms with Crippen LogP contribution in [0.15, 0.2) is 42.5 Å². The number of Topliss-reactive ketones (excluding diaryl/α,β-unsaturated/α-hetero) is 1. The number of hydrogen-bond acceptors (Lipinski definition) is 4. The molecule has 7 heteroatoms. The van der Waals surface area contributed by atoms with Crippen molar-refractivity contribution in [2.45, 2.75) is 19.3 Å². The van der Waals surface area contributed by atoms with Crippen LogP contribution in [0.1, 0.15) is 35.2 Å². The monoisotopic (exact) mass is 336 g/mol. The van der Waals surface area contributed by atoms with Gasteiger partial charge in [0.05, 0.1) is 10.9 Å². The Balaban J connectivity index is 2.55. The van der Waals surface area contributed by atoms with E-state index in [0.29, 0.717) is 12.0 Å². The van der Waals surface area contributed by atoms with Gasteiger partial charge < -0.3 is 20.0 Å². The lowest BCUT2D eigenvalue weighted by atomic mass is 9.88. The zero-order valence-electron chi connectivity index (χ0n) is 12.4. The van der Waals surface area contributed by atoms with Crippen molar-refractivity contribution < 1.29 is 29.4 Å². The van der Waals surface area contributed by atoms with E-state index in [1.807, 2.05) is 0 Å². The van der Waals surface area contributed by atoms with Crippen LogP contribution < -0.4 is 5.30 Å². The summed E-state index contributed by atoms with van der Waals surface area (Å²) in [6.07, 6.45) is 0.374. The van der Waals surface area contributed by atoms with Crippen molar-refractivity contribution in [2.24, 2.45) is 0 Å². The molecule has 0 aliphatic rings. The Morgan fingerprint density at radius 3 is 2.22 bits per heavy atom. The van der Waals surface area contributed by atoms with Gasteiger partial charge in [-0.05, 0) is 36.2 Å². The van der Waals surface area contributed by atoms with Gasteiger partial charge in [-0.3, -0.25) is 9.36 Å². The zero-order chi connectivity index (χ0) is 17.2. The Bertz CT molecular complexity index is 763. The second-order valence-corrected chi connectivity index (χ2v) is 6.70. The van der Waals surface area contributed by atoms with Crippen LogP contribution in [0, 0.1) is 0 Å². The van der Waals surface area contributed by atoms with Gasteiger partial charge in [-0.1, -0.05) is 25.1 Å². The van der Waals surface area contributed by atoms with Gasteiger partial charge in [0.15, 0.2) is 5.78 Å². The van der Waals surface area contributed by atoms with E-state index in [0.717, 1.165) is 6.07 Å². The molecule has 0 saturated heterocycles. The van der Waals surface area contributed by atoms with Gasteiger partial charge in [0.2, 0.25) is 0 Å². The first-order valence-corrected chi connectivity index (χ1v) is 8.58. The molecule has 0 aliphatic heterocycles. The molecule has 2 rings (SSSR count). The average Bonchev–Trinajstić information content (AvgIpc) is 2.48. The van der Waals surface area contributed by atoms with Crippen LogP contribution in [0.4, 0.5) is 0 Å². The van der Waals surface area contributed by atoms with E-state index in [1.54, 1.807) is 19.1 Å². The normalized spacial score (nSPS) is 12.8. The van der Waals surface area contributed by atoms with Crippen LogP contribution in [0.3, 0.4) is 0 Å². The summed E-state index contributed by atoms with van der Waals surface area (Å²) in [6.45, 7) is 1.76. The smallest absolute Gasteiger partial charge is 0.357 e. The number of ketones is 1. The van der Waals surface area contributed by atoms with Crippen molar-refractivity contribution in [3.63, 3.8) is 0 Å². The lowest BCUT2D eigenvalue weighted by molar-refractivity contribution is 0.0955. The van der Waals surface area contributed by atoms with Crippen LogP contribution in [0.5, 0.6) is 11.5 Å².